The van der Waals surface area contributed by atoms with Gasteiger partial charge in [-0.2, -0.15) is 0 Å². The van der Waals surface area contributed by atoms with Gasteiger partial charge in [-0.25, -0.2) is 13.8 Å². The van der Waals surface area contributed by atoms with Crippen LogP contribution in [0.4, 0.5) is 14.6 Å². The Balaban J connectivity index is 1.67. The Morgan fingerprint density at radius 2 is 2.00 bits per heavy atom. The maximum absolute atomic E-state index is 13.2. The highest BCUT2D eigenvalue weighted by Gasteiger charge is 2.32. The predicted octanol–water partition coefficient (Wildman–Crippen LogP) is -0.126. The first kappa shape index (κ1) is 14.1. The van der Waals surface area contributed by atoms with E-state index in [2.05, 4.69) is 15.2 Å². The first-order valence-corrected chi connectivity index (χ1v) is 6.69. The van der Waals surface area contributed by atoms with E-state index < -0.39 is 19.1 Å². The second kappa shape index (κ2) is 5.49. The normalized spacial score (nSPS) is 17.6. The van der Waals surface area contributed by atoms with Gasteiger partial charge in [-0.05, 0) is 0 Å². The van der Waals surface area contributed by atoms with Crippen molar-refractivity contribution in [3.63, 3.8) is 0 Å². The molecule has 0 spiro atoms. The van der Waals surface area contributed by atoms with E-state index in [-0.39, 0.29) is 0 Å². The molecule has 1 fully saturated rings. The van der Waals surface area contributed by atoms with E-state index in [0.717, 1.165) is 0 Å². The third-order valence-electron chi connectivity index (χ3n) is 3.56. The largest absolute Gasteiger partial charge is 0.390 e. The molecule has 7 nitrogen and oxygen atoms in total. The van der Waals surface area contributed by atoms with Gasteiger partial charge in [0.05, 0.1) is 6.54 Å². The Morgan fingerprint density at radius 1 is 1.24 bits per heavy atom. The summed E-state index contributed by atoms with van der Waals surface area (Å²) in [7, 11) is 0. The van der Waals surface area contributed by atoms with Crippen LogP contribution >= 0.6 is 0 Å². The number of aliphatic hydroxyl groups is 1. The van der Waals surface area contributed by atoms with Crippen LogP contribution in [0.15, 0.2) is 18.7 Å². The van der Waals surface area contributed by atoms with Gasteiger partial charge in [0.2, 0.25) is 5.65 Å². The molecule has 0 saturated carbocycles. The Labute approximate surface area is 119 Å². The summed E-state index contributed by atoms with van der Waals surface area (Å²) in [6.07, 6.45) is 5.02. The van der Waals surface area contributed by atoms with Crippen molar-refractivity contribution in [1.82, 2.24) is 24.5 Å². The van der Waals surface area contributed by atoms with E-state index in [4.69, 9.17) is 5.11 Å². The molecule has 3 heterocycles. The molecule has 21 heavy (non-hydrogen) atoms. The number of fused-ring (bicyclic) bond motifs is 1. The number of hydrogen-bond acceptors (Lipinski definition) is 6. The van der Waals surface area contributed by atoms with Crippen LogP contribution in [0.3, 0.4) is 0 Å². The lowest BCUT2D eigenvalue weighted by atomic mass is 10.2. The van der Waals surface area contributed by atoms with Gasteiger partial charge >= 0.3 is 0 Å². The number of alkyl halides is 2. The minimum atomic E-state index is -3.05. The Hall–Kier alpha value is -1.87. The van der Waals surface area contributed by atoms with E-state index in [1.54, 1.807) is 28.0 Å². The smallest absolute Gasteiger partial charge is 0.283 e. The molecule has 0 aliphatic carbocycles. The second-order valence-electron chi connectivity index (χ2n) is 5.09. The van der Waals surface area contributed by atoms with Crippen molar-refractivity contribution in [2.75, 3.05) is 44.2 Å². The summed E-state index contributed by atoms with van der Waals surface area (Å²) in [6.45, 7) is 0.620. The topological polar surface area (TPSA) is 69.8 Å². The first-order chi connectivity index (χ1) is 10.1. The van der Waals surface area contributed by atoms with Gasteiger partial charge in [0.1, 0.15) is 12.9 Å². The summed E-state index contributed by atoms with van der Waals surface area (Å²) in [5.74, 6) is -2.34. The van der Waals surface area contributed by atoms with E-state index in [1.165, 1.54) is 0 Å². The summed E-state index contributed by atoms with van der Waals surface area (Å²) in [5.41, 5.74) is 0.659. The van der Waals surface area contributed by atoms with Gasteiger partial charge < -0.3 is 10.0 Å². The molecule has 0 bridgehead atoms. The molecule has 9 heteroatoms. The number of nitrogens with zero attached hydrogens (tertiary/aromatic N) is 6. The maximum Gasteiger partial charge on any atom is 0.283 e. The molecule has 0 radical (unpaired) electrons. The molecule has 0 unspecified atom stereocenters. The third-order valence-corrected chi connectivity index (χ3v) is 3.56. The molecule has 1 saturated heterocycles. The highest BCUT2D eigenvalue weighted by Crippen LogP contribution is 2.20. The number of aromatic nitrogens is 4. The van der Waals surface area contributed by atoms with Crippen LogP contribution in [0.1, 0.15) is 0 Å². The Morgan fingerprint density at radius 3 is 2.71 bits per heavy atom. The van der Waals surface area contributed by atoms with Gasteiger partial charge in [-0.1, -0.05) is 0 Å². The van der Waals surface area contributed by atoms with Crippen molar-refractivity contribution in [1.29, 1.82) is 0 Å². The quantitative estimate of drug-likeness (QED) is 0.848. The number of anilines is 1. The second-order valence-corrected chi connectivity index (χ2v) is 5.09. The highest BCUT2D eigenvalue weighted by molar-refractivity contribution is 5.63. The summed E-state index contributed by atoms with van der Waals surface area (Å²) in [5, 5.41) is 16.5. The number of rotatable bonds is 4. The molecule has 0 atom stereocenters. The summed E-state index contributed by atoms with van der Waals surface area (Å²) in [4.78, 5) is 7.98. The molecular formula is C12H16F2N6O. The molecule has 1 aliphatic rings. The number of hydrogen-bond donors (Lipinski definition) is 1. The summed E-state index contributed by atoms with van der Waals surface area (Å²) >= 11 is 0. The van der Waals surface area contributed by atoms with E-state index >= 15 is 0 Å². The Bertz CT molecular complexity index is 611. The van der Waals surface area contributed by atoms with Crippen molar-refractivity contribution in [2.45, 2.75) is 5.92 Å². The summed E-state index contributed by atoms with van der Waals surface area (Å²) < 4.78 is 28.1. The molecule has 3 rings (SSSR count). The zero-order chi connectivity index (χ0) is 14.9. The van der Waals surface area contributed by atoms with Gasteiger partial charge in [-0.15, -0.1) is 10.2 Å². The van der Waals surface area contributed by atoms with Crippen LogP contribution in [-0.4, -0.2) is 74.8 Å². The lowest BCUT2D eigenvalue weighted by molar-refractivity contribution is -0.0733. The lowest BCUT2D eigenvalue weighted by Crippen LogP contribution is -2.51. The van der Waals surface area contributed by atoms with Gasteiger partial charge in [0.25, 0.3) is 5.92 Å². The van der Waals surface area contributed by atoms with Crippen LogP contribution in [0.5, 0.6) is 0 Å². The zero-order valence-corrected chi connectivity index (χ0v) is 11.4. The lowest BCUT2D eigenvalue weighted by Gasteiger charge is -2.36. The third kappa shape index (κ3) is 2.93. The van der Waals surface area contributed by atoms with Gasteiger partial charge in [0, 0.05) is 38.6 Å². The number of piperazine rings is 1. The molecule has 2 aromatic rings. The minimum absolute atomic E-state index is 0.417. The van der Waals surface area contributed by atoms with Gasteiger partial charge in [0.15, 0.2) is 5.82 Å². The van der Waals surface area contributed by atoms with Crippen molar-refractivity contribution < 1.29 is 13.9 Å². The van der Waals surface area contributed by atoms with Crippen LogP contribution < -0.4 is 4.90 Å². The molecular weight excluding hydrogens is 282 g/mol. The van der Waals surface area contributed by atoms with E-state index in [9.17, 15) is 8.78 Å². The predicted molar refractivity (Wildman–Crippen MR) is 71.5 cm³/mol. The number of halogens is 2. The van der Waals surface area contributed by atoms with E-state index in [0.29, 0.717) is 37.6 Å². The zero-order valence-electron chi connectivity index (χ0n) is 11.4. The van der Waals surface area contributed by atoms with Gasteiger partial charge in [-0.3, -0.25) is 9.30 Å². The fourth-order valence-corrected chi connectivity index (χ4v) is 2.46. The SMILES string of the molecule is OCC(F)(F)CN1CCN(c2nccn3cnnc23)CC1. The van der Waals surface area contributed by atoms with Crippen molar-refractivity contribution >= 4 is 11.5 Å². The van der Waals surface area contributed by atoms with Crippen molar-refractivity contribution in [3.05, 3.63) is 18.7 Å². The fraction of sp³-hybridized carbons (Fsp3) is 0.583. The number of aliphatic hydroxyl groups excluding tert-OH is 1. The molecule has 1 aliphatic heterocycles. The minimum Gasteiger partial charge on any atom is -0.390 e. The average Bonchev–Trinajstić information content (AvgIpc) is 2.96. The first-order valence-electron chi connectivity index (χ1n) is 6.69. The molecule has 2 aromatic heterocycles. The molecule has 1 N–H and O–H groups in total. The molecule has 0 amide bonds. The molecule has 0 aromatic carbocycles. The van der Waals surface area contributed by atoms with Crippen molar-refractivity contribution in [2.24, 2.45) is 0 Å². The van der Waals surface area contributed by atoms with Crippen LogP contribution in [-0.2, 0) is 0 Å². The monoisotopic (exact) mass is 298 g/mol. The standard InChI is InChI=1S/C12H16F2N6O/c13-12(14,8-21)7-18-3-5-19(6-4-18)10-11-17-16-9-20(11)2-1-15-10/h1-2,9,21H,3-8H2. The fourth-order valence-electron chi connectivity index (χ4n) is 2.46. The van der Waals surface area contributed by atoms with Crippen molar-refractivity contribution in [3.8, 4) is 0 Å². The van der Waals surface area contributed by atoms with E-state index in [1.807, 2.05) is 4.90 Å². The Kier molecular flexibility index (Phi) is 3.68. The van der Waals surface area contributed by atoms with Crippen LogP contribution in [0.2, 0.25) is 0 Å². The van der Waals surface area contributed by atoms with Crippen LogP contribution in [0.25, 0.3) is 5.65 Å². The average molecular weight is 298 g/mol. The maximum atomic E-state index is 13.2. The van der Waals surface area contributed by atoms with Crippen LogP contribution in [0, 0.1) is 0 Å². The molecule has 114 valence electrons. The summed E-state index contributed by atoms with van der Waals surface area (Å²) in [6, 6.07) is 0. The highest BCUT2D eigenvalue weighted by atomic mass is 19.3.